The van der Waals surface area contributed by atoms with E-state index in [1.165, 1.54) is 32.1 Å². The SMILES string of the molecule is NNC(=NCCCN1CCOCC1)NC1CCCCC1. The monoisotopic (exact) mass is 283 g/mol. The molecule has 0 aromatic carbocycles. The van der Waals surface area contributed by atoms with Gasteiger partial charge in [-0.2, -0.15) is 0 Å². The first-order chi connectivity index (χ1) is 9.88. The quantitative estimate of drug-likeness (QED) is 0.225. The van der Waals surface area contributed by atoms with E-state index in [1.54, 1.807) is 0 Å². The molecule has 6 nitrogen and oxygen atoms in total. The summed E-state index contributed by atoms with van der Waals surface area (Å²) in [5, 5.41) is 3.42. The molecule has 4 N–H and O–H groups in total. The van der Waals surface area contributed by atoms with Crippen molar-refractivity contribution in [1.29, 1.82) is 0 Å². The first-order valence-corrected chi connectivity index (χ1v) is 7.96. The third-order valence-corrected chi connectivity index (χ3v) is 4.09. The van der Waals surface area contributed by atoms with Gasteiger partial charge in [0, 0.05) is 32.2 Å². The van der Waals surface area contributed by atoms with Crippen LogP contribution in [0.25, 0.3) is 0 Å². The van der Waals surface area contributed by atoms with Crippen molar-refractivity contribution in [3.8, 4) is 0 Å². The van der Waals surface area contributed by atoms with Gasteiger partial charge >= 0.3 is 0 Å². The lowest BCUT2D eigenvalue weighted by molar-refractivity contribution is 0.0377. The molecule has 2 aliphatic rings. The average Bonchev–Trinajstić information content (AvgIpc) is 2.52. The molecule has 0 atom stereocenters. The van der Waals surface area contributed by atoms with Crippen LogP contribution < -0.4 is 16.6 Å². The van der Waals surface area contributed by atoms with Crippen molar-refractivity contribution in [3.05, 3.63) is 0 Å². The molecule has 0 bridgehead atoms. The summed E-state index contributed by atoms with van der Waals surface area (Å²) in [4.78, 5) is 6.97. The molecule has 1 heterocycles. The number of morpholine rings is 1. The van der Waals surface area contributed by atoms with Crippen molar-refractivity contribution in [2.75, 3.05) is 39.4 Å². The molecule has 0 aromatic heterocycles. The smallest absolute Gasteiger partial charge is 0.205 e. The van der Waals surface area contributed by atoms with Crippen molar-refractivity contribution in [2.45, 2.75) is 44.6 Å². The zero-order valence-corrected chi connectivity index (χ0v) is 12.4. The van der Waals surface area contributed by atoms with Crippen molar-refractivity contribution < 1.29 is 4.74 Å². The number of ether oxygens (including phenoxy) is 1. The maximum absolute atomic E-state index is 5.54. The molecule has 0 spiro atoms. The van der Waals surface area contributed by atoms with E-state index < -0.39 is 0 Å². The minimum atomic E-state index is 0.540. The van der Waals surface area contributed by atoms with E-state index in [2.05, 4.69) is 20.6 Å². The zero-order valence-electron chi connectivity index (χ0n) is 12.4. The van der Waals surface area contributed by atoms with Crippen LogP contribution in [0, 0.1) is 0 Å². The summed E-state index contributed by atoms with van der Waals surface area (Å²) >= 11 is 0. The van der Waals surface area contributed by atoms with Crippen molar-refractivity contribution in [3.63, 3.8) is 0 Å². The fourth-order valence-corrected chi connectivity index (χ4v) is 2.88. The van der Waals surface area contributed by atoms with Gasteiger partial charge in [0.25, 0.3) is 0 Å². The Labute approximate surface area is 122 Å². The van der Waals surface area contributed by atoms with Gasteiger partial charge in [0.2, 0.25) is 5.96 Å². The number of aliphatic imine (C=N–C) groups is 1. The first-order valence-electron chi connectivity index (χ1n) is 7.96. The normalized spacial score (nSPS) is 22.8. The van der Waals surface area contributed by atoms with Crippen LogP contribution >= 0.6 is 0 Å². The van der Waals surface area contributed by atoms with Crippen LogP contribution in [0.1, 0.15) is 38.5 Å². The molecule has 2 rings (SSSR count). The summed E-state index contributed by atoms with van der Waals surface area (Å²) in [6, 6.07) is 0.540. The van der Waals surface area contributed by atoms with Crippen LogP contribution in [0.2, 0.25) is 0 Å². The van der Waals surface area contributed by atoms with Gasteiger partial charge < -0.3 is 10.1 Å². The highest BCUT2D eigenvalue weighted by Crippen LogP contribution is 2.17. The standard InChI is InChI=1S/C14H29N5O/c15-18-14(17-13-5-2-1-3-6-13)16-7-4-8-19-9-11-20-12-10-19/h13H,1-12,15H2,(H2,16,17,18). The number of nitrogens with one attached hydrogen (secondary N) is 2. The van der Waals surface area contributed by atoms with Crippen LogP contribution in [0.4, 0.5) is 0 Å². The van der Waals surface area contributed by atoms with E-state index in [9.17, 15) is 0 Å². The molecule has 0 unspecified atom stereocenters. The Morgan fingerprint density at radius 3 is 2.65 bits per heavy atom. The molecule has 0 radical (unpaired) electrons. The minimum Gasteiger partial charge on any atom is -0.379 e. The Bertz CT molecular complexity index is 285. The van der Waals surface area contributed by atoms with Gasteiger partial charge in [0.05, 0.1) is 13.2 Å². The molecule has 2 fully saturated rings. The first kappa shape index (κ1) is 15.5. The highest BCUT2D eigenvalue weighted by Gasteiger charge is 2.14. The predicted molar refractivity (Wildman–Crippen MR) is 81.5 cm³/mol. The zero-order chi connectivity index (χ0) is 14.0. The Kier molecular flexibility index (Phi) is 7.11. The van der Waals surface area contributed by atoms with Gasteiger partial charge in [0.1, 0.15) is 0 Å². The second kappa shape index (κ2) is 9.15. The topological polar surface area (TPSA) is 74.9 Å². The van der Waals surface area contributed by atoms with Crippen molar-refractivity contribution in [2.24, 2.45) is 10.8 Å². The van der Waals surface area contributed by atoms with Gasteiger partial charge in [-0.3, -0.25) is 15.3 Å². The van der Waals surface area contributed by atoms with Crippen molar-refractivity contribution in [1.82, 2.24) is 15.6 Å². The molecular weight excluding hydrogens is 254 g/mol. The third kappa shape index (κ3) is 5.64. The van der Waals surface area contributed by atoms with Gasteiger partial charge in [-0.25, -0.2) is 5.84 Å². The Morgan fingerprint density at radius 2 is 1.95 bits per heavy atom. The molecule has 0 amide bonds. The second-order valence-electron chi connectivity index (χ2n) is 5.66. The van der Waals surface area contributed by atoms with E-state index in [-0.39, 0.29) is 0 Å². The predicted octanol–water partition coefficient (Wildman–Crippen LogP) is 0.450. The second-order valence-corrected chi connectivity index (χ2v) is 5.66. The molecule has 6 heteroatoms. The highest BCUT2D eigenvalue weighted by atomic mass is 16.5. The summed E-state index contributed by atoms with van der Waals surface area (Å²) in [6.07, 6.45) is 7.51. The maximum Gasteiger partial charge on any atom is 0.205 e. The molecule has 1 aliphatic carbocycles. The molecule has 0 aromatic rings. The summed E-state index contributed by atoms with van der Waals surface area (Å²) in [5.41, 5.74) is 2.69. The lowest BCUT2D eigenvalue weighted by atomic mass is 9.96. The van der Waals surface area contributed by atoms with Gasteiger partial charge in [-0.15, -0.1) is 0 Å². The maximum atomic E-state index is 5.54. The Hall–Kier alpha value is -0.850. The molecule has 1 aliphatic heterocycles. The largest absolute Gasteiger partial charge is 0.379 e. The summed E-state index contributed by atoms with van der Waals surface area (Å²) in [6.45, 7) is 5.73. The average molecular weight is 283 g/mol. The van der Waals surface area contributed by atoms with Crippen LogP contribution in [-0.2, 0) is 4.74 Å². The third-order valence-electron chi connectivity index (χ3n) is 4.09. The lowest BCUT2D eigenvalue weighted by Gasteiger charge is -2.26. The fraction of sp³-hybridized carbons (Fsp3) is 0.929. The van der Waals surface area contributed by atoms with Crippen LogP contribution in [0.15, 0.2) is 4.99 Å². The van der Waals surface area contributed by atoms with E-state index in [4.69, 9.17) is 10.6 Å². The van der Waals surface area contributed by atoms with Gasteiger partial charge in [-0.05, 0) is 19.3 Å². The number of hydrogen-bond acceptors (Lipinski definition) is 4. The highest BCUT2D eigenvalue weighted by molar-refractivity contribution is 5.79. The Balaban J connectivity index is 1.62. The minimum absolute atomic E-state index is 0.540. The summed E-state index contributed by atoms with van der Waals surface area (Å²) < 4.78 is 5.34. The van der Waals surface area contributed by atoms with Crippen LogP contribution in [0.5, 0.6) is 0 Å². The number of nitrogens with two attached hydrogens (primary N) is 1. The number of nitrogens with zero attached hydrogens (tertiary/aromatic N) is 2. The van der Waals surface area contributed by atoms with E-state index in [0.717, 1.165) is 51.8 Å². The molecule has 116 valence electrons. The molecular formula is C14H29N5O. The van der Waals surface area contributed by atoms with Crippen LogP contribution in [-0.4, -0.2) is 56.3 Å². The Morgan fingerprint density at radius 1 is 1.20 bits per heavy atom. The van der Waals surface area contributed by atoms with E-state index in [1.807, 2.05) is 0 Å². The summed E-state index contributed by atoms with van der Waals surface area (Å²) in [7, 11) is 0. The fourth-order valence-electron chi connectivity index (χ4n) is 2.88. The van der Waals surface area contributed by atoms with Crippen molar-refractivity contribution >= 4 is 5.96 Å². The molecule has 20 heavy (non-hydrogen) atoms. The molecule has 1 saturated heterocycles. The number of guanidine groups is 1. The van der Waals surface area contributed by atoms with Crippen LogP contribution in [0.3, 0.4) is 0 Å². The van der Waals surface area contributed by atoms with E-state index >= 15 is 0 Å². The number of rotatable bonds is 5. The molecule has 1 saturated carbocycles. The number of hydrazine groups is 1. The summed E-state index contributed by atoms with van der Waals surface area (Å²) in [5.74, 6) is 6.29. The van der Waals surface area contributed by atoms with Gasteiger partial charge in [0.15, 0.2) is 0 Å². The number of hydrogen-bond donors (Lipinski definition) is 3. The van der Waals surface area contributed by atoms with E-state index in [0.29, 0.717) is 6.04 Å². The lowest BCUT2D eigenvalue weighted by Crippen LogP contribution is -2.47. The van der Waals surface area contributed by atoms with Gasteiger partial charge in [-0.1, -0.05) is 19.3 Å².